The van der Waals surface area contributed by atoms with E-state index in [-0.39, 0.29) is 17.9 Å². The molecule has 10 heteroatoms. The van der Waals surface area contributed by atoms with Gasteiger partial charge in [-0.1, -0.05) is 56.6 Å². The smallest absolute Gasteiger partial charge is 0.256 e. The Balaban J connectivity index is 1.46. The van der Waals surface area contributed by atoms with Gasteiger partial charge in [0.1, 0.15) is 23.0 Å². The molecule has 4 heterocycles. The number of nitrogens with two attached hydrogens (primary N) is 1. The fraction of sp³-hybridized carbons (Fsp3) is 0.382. The monoisotopic (exact) mass is 595 g/mol. The maximum Gasteiger partial charge on any atom is 0.256 e. The molecule has 0 bridgehead atoms. The number of hydrogen-bond donors (Lipinski definition) is 2. The Hall–Kier alpha value is -4.57. The molecule has 0 aromatic carbocycles. The maximum absolute atomic E-state index is 13.4. The summed E-state index contributed by atoms with van der Waals surface area (Å²) in [5.41, 5.74) is 10.4. The Labute approximate surface area is 258 Å². The Bertz CT molecular complexity index is 1620. The van der Waals surface area contributed by atoms with E-state index in [9.17, 15) is 9.59 Å². The lowest BCUT2D eigenvalue weighted by atomic mass is 10.1. The summed E-state index contributed by atoms with van der Waals surface area (Å²) in [5, 5.41) is 2.92. The molecule has 1 aliphatic carbocycles. The number of aryl methyl sites for hydroxylation is 1. The second-order valence-corrected chi connectivity index (χ2v) is 11.1. The highest BCUT2D eigenvalue weighted by Gasteiger charge is 2.31. The van der Waals surface area contributed by atoms with Gasteiger partial charge in [0, 0.05) is 44.2 Å². The van der Waals surface area contributed by atoms with Crippen molar-refractivity contribution < 1.29 is 14.3 Å². The average Bonchev–Trinajstić information content (AvgIpc) is 3.17. The number of methoxy groups -OCH3 is 1. The van der Waals surface area contributed by atoms with Crippen LogP contribution in [0.5, 0.6) is 0 Å². The number of likely N-dealkylation sites (tertiary alicyclic amines) is 1. The van der Waals surface area contributed by atoms with Crippen LogP contribution in [0.25, 0.3) is 11.1 Å². The third-order valence-electron chi connectivity index (χ3n) is 7.97. The van der Waals surface area contributed by atoms with Gasteiger partial charge < -0.3 is 20.7 Å². The number of amides is 2. The fourth-order valence-corrected chi connectivity index (χ4v) is 5.82. The predicted octanol–water partition coefficient (Wildman–Crippen LogP) is 5.60. The first-order valence-corrected chi connectivity index (χ1v) is 15.4. The van der Waals surface area contributed by atoms with Crippen molar-refractivity contribution in [2.24, 2.45) is 0 Å². The minimum Gasteiger partial charge on any atom is -0.382 e. The van der Waals surface area contributed by atoms with Crippen molar-refractivity contribution in [3.05, 3.63) is 89.8 Å². The first-order chi connectivity index (χ1) is 21.5. The van der Waals surface area contributed by atoms with Crippen LogP contribution in [0.15, 0.2) is 72.8 Å². The molecule has 2 amide bonds. The van der Waals surface area contributed by atoms with Crippen molar-refractivity contribution in [1.82, 2.24) is 24.3 Å². The minimum atomic E-state index is -0.233. The number of nitrogens with one attached hydrogen (secondary N) is 1. The van der Waals surface area contributed by atoms with E-state index in [0.717, 1.165) is 55.5 Å². The second kappa shape index (κ2) is 14.7. The molecule has 5 rings (SSSR count). The first-order valence-electron chi connectivity index (χ1n) is 15.4. The van der Waals surface area contributed by atoms with Crippen LogP contribution in [-0.4, -0.2) is 56.3 Å². The van der Waals surface area contributed by atoms with Gasteiger partial charge in [-0.3, -0.25) is 14.0 Å². The number of pyridine rings is 1. The molecule has 1 aliphatic heterocycles. The Kier molecular flexibility index (Phi) is 10.3. The molecule has 0 saturated carbocycles. The number of rotatable bonds is 10. The van der Waals surface area contributed by atoms with Gasteiger partial charge >= 0.3 is 0 Å². The van der Waals surface area contributed by atoms with Gasteiger partial charge in [-0.2, -0.15) is 0 Å². The third kappa shape index (κ3) is 7.14. The maximum atomic E-state index is 13.4. The van der Waals surface area contributed by atoms with Crippen molar-refractivity contribution >= 4 is 34.5 Å². The number of carbonyl (C=O) groups excluding carboxylic acids is 2. The van der Waals surface area contributed by atoms with Crippen LogP contribution in [-0.2, 0) is 20.7 Å². The number of imidazole rings is 1. The van der Waals surface area contributed by atoms with Crippen molar-refractivity contribution in [2.75, 3.05) is 31.3 Å². The van der Waals surface area contributed by atoms with Crippen molar-refractivity contribution in [3.63, 3.8) is 0 Å². The summed E-state index contributed by atoms with van der Waals surface area (Å²) in [6.45, 7) is 3.27. The number of aromatic nitrogens is 4. The number of fused-ring (bicyclic) bond motifs is 1. The van der Waals surface area contributed by atoms with E-state index >= 15 is 0 Å². The quantitative estimate of drug-likeness (QED) is 0.292. The number of hydrogen-bond acceptors (Lipinski definition) is 7. The molecule has 3 aromatic rings. The number of ether oxygens (including phenoxy) is 1. The summed E-state index contributed by atoms with van der Waals surface area (Å²) in [4.78, 5) is 42.4. The largest absolute Gasteiger partial charge is 0.382 e. The van der Waals surface area contributed by atoms with Crippen LogP contribution < -0.4 is 11.1 Å². The molecule has 10 nitrogen and oxygen atoms in total. The molecule has 0 unspecified atom stereocenters. The van der Waals surface area contributed by atoms with Crippen LogP contribution in [0, 0.1) is 0 Å². The topological polar surface area (TPSA) is 128 Å². The van der Waals surface area contributed by atoms with Gasteiger partial charge in [0.2, 0.25) is 5.91 Å². The van der Waals surface area contributed by atoms with E-state index in [4.69, 9.17) is 15.5 Å². The first kappa shape index (κ1) is 30.9. The minimum absolute atomic E-state index is 0.0644. The molecule has 1 atom stereocenters. The zero-order valence-corrected chi connectivity index (χ0v) is 25.5. The number of nitrogen functional groups attached to an aromatic ring is 1. The van der Waals surface area contributed by atoms with Crippen molar-refractivity contribution in [3.8, 4) is 0 Å². The van der Waals surface area contributed by atoms with E-state index in [0.29, 0.717) is 54.4 Å². The van der Waals surface area contributed by atoms with Gasteiger partial charge in [-0.25, -0.2) is 15.0 Å². The molecular weight excluding hydrogens is 554 g/mol. The van der Waals surface area contributed by atoms with E-state index < -0.39 is 0 Å². The lowest BCUT2D eigenvalue weighted by molar-refractivity contribution is -0.132. The standard InChI is InChI=1S/C34H41N7O3/c1-3-10-24-17-18-36-28(23-24)38-34(43)26-12-9-11-25(15-16-26)30-31-32(35)37-19-21-41(31)33(39-30)27-13-5-4-7-20-40(27)29(42)14-6-8-22-44-2/h6,8-9,12,15-19,21,23,27H,3-5,7,10-11,13-14,20,22H2,1-2H3,(H2,35,37)(H,36,38,43)/t27-/m0/s1. The molecule has 0 radical (unpaired) electrons. The SMILES string of the molecule is CCCc1ccnc(NC(=O)C2=CC=C(c3nc([C@@H]4CCCCCN4C(=O)CC=CCOC)n4ccnc(N)c34)CC=C2)c1. The zero-order chi connectivity index (χ0) is 30.9. The summed E-state index contributed by atoms with van der Waals surface area (Å²) in [6.07, 6.45) is 23.1. The van der Waals surface area contributed by atoms with Crippen LogP contribution in [0.4, 0.5) is 11.6 Å². The molecular formula is C34H41N7O3. The molecule has 44 heavy (non-hydrogen) atoms. The molecule has 3 aromatic heterocycles. The summed E-state index contributed by atoms with van der Waals surface area (Å²) >= 11 is 0. The lowest BCUT2D eigenvalue weighted by Crippen LogP contribution is -2.35. The lowest BCUT2D eigenvalue weighted by Gasteiger charge is -2.29. The second-order valence-electron chi connectivity index (χ2n) is 11.1. The van der Waals surface area contributed by atoms with Gasteiger partial charge in [0.15, 0.2) is 0 Å². The van der Waals surface area contributed by atoms with Gasteiger partial charge in [0.25, 0.3) is 5.91 Å². The van der Waals surface area contributed by atoms with Crippen molar-refractivity contribution in [2.45, 2.75) is 64.3 Å². The molecule has 1 fully saturated rings. The normalized spacial score (nSPS) is 17.3. The number of anilines is 2. The summed E-state index contributed by atoms with van der Waals surface area (Å²) in [7, 11) is 1.63. The van der Waals surface area contributed by atoms with E-state index in [1.165, 1.54) is 0 Å². The summed E-state index contributed by atoms with van der Waals surface area (Å²) in [5.74, 6) is 1.50. The van der Waals surface area contributed by atoms with Gasteiger partial charge in [-0.15, -0.1) is 0 Å². The van der Waals surface area contributed by atoms with E-state index in [2.05, 4.69) is 22.2 Å². The summed E-state index contributed by atoms with van der Waals surface area (Å²) < 4.78 is 7.07. The molecule has 230 valence electrons. The van der Waals surface area contributed by atoms with Crippen molar-refractivity contribution in [1.29, 1.82) is 0 Å². The van der Waals surface area contributed by atoms with Crippen LogP contribution in [0.3, 0.4) is 0 Å². The molecule has 2 aliphatic rings. The third-order valence-corrected chi connectivity index (χ3v) is 7.97. The highest BCUT2D eigenvalue weighted by Crippen LogP contribution is 2.35. The van der Waals surface area contributed by atoms with Gasteiger partial charge in [0.05, 0.1) is 18.3 Å². The average molecular weight is 596 g/mol. The number of carbonyl (C=O) groups is 2. The molecule has 3 N–H and O–H groups in total. The Morgan fingerprint density at radius 2 is 2.05 bits per heavy atom. The molecule has 1 saturated heterocycles. The number of allylic oxidation sites excluding steroid dienone is 4. The highest BCUT2D eigenvalue weighted by molar-refractivity contribution is 6.06. The van der Waals surface area contributed by atoms with Crippen LogP contribution in [0.2, 0.25) is 0 Å². The van der Waals surface area contributed by atoms with Gasteiger partial charge in [-0.05, 0) is 55.0 Å². The highest BCUT2D eigenvalue weighted by atomic mass is 16.5. The predicted molar refractivity (Wildman–Crippen MR) is 173 cm³/mol. The molecule has 0 spiro atoms. The Morgan fingerprint density at radius 3 is 2.89 bits per heavy atom. The zero-order valence-electron chi connectivity index (χ0n) is 25.5. The van der Waals surface area contributed by atoms with E-state index in [1.807, 2.05) is 58.0 Å². The fourth-order valence-electron chi connectivity index (χ4n) is 5.82. The Morgan fingerprint density at radius 1 is 1.16 bits per heavy atom. The number of nitrogens with zero attached hydrogens (tertiary/aromatic N) is 5. The van der Waals surface area contributed by atoms with E-state index in [1.54, 1.807) is 25.6 Å². The van der Waals surface area contributed by atoms with Crippen LogP contribution in [0.1, 0.15) is 75.0 Å². The van der Waals surface area contributed by atoms with Crippen LogP contribution >= 0.6 is 0 Å². The summed E-state index contributed by atoms with van der Waals surface area (Å²) in [6, 6.07) is 3.68.